The Labute approximate surface area is 99.7 Å². The van der Waals surface area contributed by atoms with Crippen LogP contribution in [0.2, 0.25) is 0 Å². The number of aromatic nitrogens is 2. The molecule has 0 spiro atoms. The van der Waals surface area contributed by atoms with Gasteiger partial charge in [0.05, 0.1) is 16.4 Å². The first-order chi connectivity index (χ1) is 7.72. The smallest absolute Gasteiger partial charge is 0.0979 e. The van der Waals surface area contributed by atoms with Gasteiger partial charge in [0.2, 0.25) is 0 Å². The maximum Gasteiger partial charge on any atom is 0.0979 e. The van der Waals surface area contributed by atoms with Gasteiger partial charge in [-0.25, -0.2) is 4.98 Å². The molecule has 3 nitrogen and oxygen atoms in total. The molecule has 2 aromatic heterocycles. The van der Waals surface area contributed by atoms with Crippen molar-refractivity contribution in [1.29, 1.82) is 0 Å². The van der Waals surface area contributed by atoms with Crippen LogP contribution in [0.4, 0.5) is 0 Å². The lowest BCUT2D eigenvalue weighted by Crippen LogP contribution is -2.17. The zero-order valence-corrected chi connectivity index (χ0v) is 10.4. The molecule has 2 rings (SSSR count). The van der Waals surface area contributed by atoms with Crippen molar-refractivity contribution in [1.82, 2.24) is 9.97 Å². The van der Waals surface area contributed by atoms with E-state index in [1.54, 1.807) is 11.3 Å². The molecule has 0 aliphatic heterocycles. The van der Waals surface area contributed by atoms with Crippen LogP contribution in [0.15, 0.2) is 23.7 Å². The molecule has 0 aliphatic carbocycles. The first-order valence-corrected chi connectivity index (χ1v) is 6.39. The van der Waals surface area contributed by atoms with E-state index in [1.165, 1.54) is 0 Å². The molecule has 2 aromatic rings. The first kappa shape index (κ1) is 11.4. The molecule has 0 bridgehead atoms. The third-order valence-electron chi connectivity index (χ3n) is 2.77. The van der Waals surface area contributed by atoms with E-state index in [0.29, 0.717) is 18.4 Å². The van der Waals surface area contributed by atoms with Crippen LogP contribution in [-0.4, -0.2) is 16.5 Å². The highest BCUT2D eigenvalue weighted by molar-refractivity contribution is 7.10. The summed E-state index contributed by atoms with van der Waals surface area (Å²) in [5.41, 5.74) is 7.88. The highest BCUT2D eigenvalue weighted by Crippen LogP contribution is 2.29. The van der Waals surface area contributed by atoms with Gasteiger partial charge < -0.3 is 10.7 Å². The summed E-state index contributed by atoms with van der Waals surface area (Å²) in [5, 5.41) is 3.23. The number of aromatic amines is 1. The molecule has 0 radical (unpaired) electrons. The number of hydrogen-bond acceptors (Lipinski definition) is 3. The van der Waals surface area contributed by atoms with Crippen molar-refractivity contribution in [2.75, 3.05) is 6.54 Å². The van der Waals surface area contributed by atoms with Gasteiger partial charge in [-0.1, -0.05) is 13.8 Å². The van der Waals surface area contributed by atoms with E-state index in [4.69, 9.17) is 5.73 Å². The number of hydrogen-bond donors (Lipinski definition) is 2. The number of nitrogens with one attached hydrogen (secondary N) is 1. The van der Waals surface area contributed by atoms with Crippen LogP contribution in [0.3, 0.4) is 0 Å². The van der Waals surface area contributed by atoms with Crippen molar-refractivity contribution in [2.45, 2.75) is 19.8 Å². The van der Waals surface area contributed by atoms with Crippen LogP contribution in [0.5, 0.6) is 0 Å². The summed E-state index contributed by atoms with van der Waals surface area (Å²) in [7, 11) is 0. The van der Waals surface area contributed by atoms with Crippen molar-refractivity contribution < 1.29 is 0 Å². The van der Waals surface area contributed by atoms with E-state index < -0.39 is 0 Å². The van der Waals surface area contributed by atoms with Crippen molar-refractivity contribution in [2.24, 2.45) is 11.7 Å². The quantitative estimate of drug-likeness (QED) is 0.856. The lowest BCUT2D eigenvalue weighted by molar-refractivity contribution is 0.504. The Kier molecular flexibility index (Phi) is 3.41. The van der Waals surface area contributed by atoms with Gasteiger partial charge in [0.25, 0.3) is 0 Å². The summed E-state index contributed by atoms with van der Waals surface area (Å²) >= 11 is 1.70. The van der Waals surface area contributed by atoms with E-state index >= 15 is 0 Å². The van der Waals surface area contributed by atoms with Crippen molar-refractivity contribution in [3.05, 3.63) is 28.7 Å². The highest BCUT2D eigenvalue weighted by Gasteiger charge is 2.18. The Bertz CT molecular complexity index is 431. The lowest BCUT2D eigenvalue weighted by atomic mass is 9.97. The molecule has 1 unspecified atom stereocenters. The third-order valence-corrected chi connectivity index (χ3v) is 3.75. The minimum absolute atomic E-state index is 0.369. The van der Waals surface area contributed by atoms with Gasteiger partial charge in [-0.2, -0.15) is 0 Å². The fourth-order valence-electron chi connectivity index (χ4n) is 1.73. The maximum absolute atomic E-state index is 5.79. The monoisotopic (exact) mass is 235 g/mol. The van der Waals surface area contributed by atoms with E-state index in [0.717, 1.165) is 16.4 Å². The fraction of sp³-hybridized carbons (Fsp3) is 0.417. The molecular weight excluding hydrogens is 218 g/mol. The van der Waals surface area contributed by atoms with Crippen molar-refractivity contribution >= 4 is 11.3 Å². The van der Waals surface area contributed by atoms with E-state index in [2.05, 4.69) is 29.2 Å². The van der Waals surface area contributed by atoms with E-state index in [9.17, 15) is 0 Å². The summed E-state index contributed by atoms with van der Waals surface area (Å²) in [6.45, 7) is 5.04. The summed E-state index contributed by atoms with van der Waals surface area (Å²) in [6.07, 6.45) is 1.91. The Morgan fingerprint density at radius 2 is 2.31 bits per heavy atom. The van der Waals surface area contributed by atoms with Gasteiger partial charge >= 0.3 is 0 Å². The molecule has 0 saturated carbocycles. The van der Waals surface area contributed by atoms with Crippen molar-refractivity contribution in [3.63, 3.8) is 0 Å². The topological polar surface area (TPSA) is 54.7 Å². The molecule has 0 aromatic carbocycles. The molecule has 4 heteroatoms. The second-order valence-corrected chi connectivity index (χ2v) is 5.13. The average Bonchev–Trinajstić information content (AvgIpc) is 2.86. The summed E-state index contributed by atoms with van der Waals surface area (Å²) < 4.78 is 0. The Balaban J connectivity index is 2.25. The number of rotatable bonds is 4. The number of thiazole rings is 1. The lowest BCUT2D eigenvalue weighted by Gasteiger charge is -2.15. The Hall–Kier alpha value is -1.13. The molecule has 0 saturated heterocycles. The van der Waals surface area contributed by atoms with E-state index in [-0.39, 0.29) is 0 Å². The molecular formula is C12H17N3S. The molecule has 0 amide bonds. The Morgan fingerprint density at radius 3 is 2.88 bits per heavy atom. The van der Waals surface area contributed by atoms with Crippen LogP contribution in [0.1, 0.15) is 24.8 Å². The SMILES string of the molecule is CC(C)C(CN)c1nc(-c2ccc[nH]2)cs1. The molecule has 0 aliphatic rings. The molecule has 16 heavy (non-hydrogen) atoms. The predicted molar refractivity (Wildman–Crippen MR) is 68.5 cm³/mol. The van der Waals surface area contributed by atoms with Crippen molar-refractivity contribution in [3.8, 4) is 11.4 Å². The average molecular weight is 235 g/mol. The van der Waals surface area contributed by atoms with Crippen LogP contribution in [0.25, 0.3) is 11.4 Å². The highest BCUT2D eigenvalue weighted by atomic mass is 32.1. The van der Waals surface area contributed by atoms with Crippen LogP contribution in [0, 0.1) is 5.92 Å². The minimum atomic E-state index is 0.369. The molecule has 1 atom stereocenters. The van der Waals surface area contributed by atoms with Gasteiger partial charge in [-0.3, -0.25) is 0 Å². The molecule has 3 N–H and O–H groups in total. The third kappa shape index (κ3) is 2.18. The molecule has 0 fully saturated rings. The second-order valence-electron chi connectivity index (χ2n) is 4.24. The predicted octanol–water partition coefficient (Wildman–Crippen LogP) is 2.84. The summed E-state index contributed by atoms with van der Waals surface area (Å²) in [4.78, 5) is 7.82. The zero-order chi connectivity index (χ0) is 11.5. The largest absolute Gasteiger partial charge is 0.360 e. The number of nitrogens with two attached hydrogens (primary N) is 1. The number of H-pyrrole nitrogens is 1. The molecule has 2 heterocycles. The Morgan fingerprint density at radius 1 is 1.50 bits per heavy atom. The van der Waals surface area contributed by atoms with Gasteiger partial charge in [0.15, 0.2) is 0 Å². The fourth-order valence-corrected chi connectivity index (χ4v) is 2.84. The molecule has 86 valence electrons. The summed E-state index contributed by atoms with van der Waals surface area (Å²) in [5.74, 6) is 0.904. The van der Waals surface area contributed by atoms with E-state index in [1.807, 2.05) is 18.3 Å². The van der Waals surface area contributed by atoms with Gasteiger partial charge in [0, 0.05) is 24.0 Å². The van der Waals surface area contributed by atoms with Gasteiger partial charge in [-0.15, -0.1) is 11.3 Å². The van der Waals surface area contributed by atoms with Crippen LogP contribution in [-0.2, 0) is 0 Å². The van der Waals surface area contributed by atoms with Crippen LogP contribution < -0.4 is 5.73 Å². The normalized spacial score (nSPS) is 13.2. The summed E-state index contributed by atoms with van der Waals surface area (Å²) in [6, 6.07) is 4.02. The van der Waals surface area contributed by atoms with Crippen LogP contribution >= 0.6 is 11.3 Å². The number of nitrogens with zero attached hydrogens (tertiary/aromatic N) is 1. The first-order valence-electron chi connectivity index (χ1n) is 5.51. The minimum Gasteiger partial charge on any atom is -0.360 e. The maximum atomic E-state index is 5.79. The zero-order valence-electron chi connectivity index (χ0n) is 9.60. The van der Waals surface area contributed by atoms with Gasteiger partial charge in [-0.05, 0) is 18.1 Å². The van der Waals surface area contributed by atoms with Gasteiger partial charge in [0.1, 0.15) is 0 Å². The standard InChI is InChI=1S/C12H17N3S/c1-8(2)9(6-13)12-15-11(7-16-12)10-4-3-5-14-10/h3-5,7-9,14H,6,13H2,1-2H3. The second kappa shape index (κ2) is 4.80.